The quantitative estimate of drug-likeness (QED) is 0.436. The highest BCUT2D eigenvalue weighted by molar-refractivity contribution is 7.98. The maximum absolute atomic E-state index is 10.4. The molecule has 0 bridgehead atoms. The third-order valence-electron chi connectivity index (χ3n) is 1.76. The Morgan fingerprint density at radius 3 is 2.86 bits per heavy atom. The van der Waals surface area contributed by atoms with Gasteiger partial charge in [-0.2, -0.15) is 0 Å². The molecule has 3 nitrogen and oxygen atoms in total. The van der Waals surface area contributed by atoms with Crippen molar-refractivity contribution in [2.24, 2.45) is 0 Å². The molecule has 0 fully saturated rings. The van der Waals surface area contributed by atoms with Crippen LogP contribution >= 0.6 is 11.8 Å². The predicted molar refractivity (Wildman–Crippen MR) is 58.9 cm³/mol. The number of nitro groups is 1. The first-order chi connectivity index (χ1) is 6.63. The summed E-state index contributed by atoms with van der Waals surface area (Å²) >= 11 is 1.62. The van der Waals surface area contributed by atoms with Crippen LogP contribution in [0.3, 0.4) is 0 Å². The fraction of sp³-hybridized carbons (Fsp3) is 0.200. The molecule has 0 radical (unpaired) electrons. The van der Waals surface area contributed by atoms with E-state index in [2.05, 4.69) is 0 Å². The number of hydrogen-bond acceptors (Lipinski definition) is 3. The van der Waals surface area contributed by atoms with Crippen molar-refractivity contribution in [3.05, 3.63) is 45.6 Å². The lowest BCUT2D eigenvalue weighted by molar-refractivity contribution is -0.422. The Hall–Kier alpha value is -1.29. The van der Waals surface area contributed by atoms with E-state index in [1.165, 1.54) is 6.92 Å². The SMILES string of the molecule is CSc1cccc(/C=C(\C)[N+](=O)[O-])c1. The second-order valence-electron chi connectivity index (χ2n) is 2.82. The van der Waals surface area contributed by atoms with Gasteiger partial charge in [-0.05, 0) is 24.0 Å². The zero-order chi connectivity index (χ0) is 10.6. The summed E-state index contributed by atoms with van der Waals surface area (Å²) in [5.41, 5.74) is 1.02. The van der Waals surface area contributed by atoms with Gasteiger partial charge in [0.15, 0.2) is 0 Å². The number of rotatable bonds is 3. The van der Waals surface area contributed by atoms with E-state index in [4.69, 9.17) is 0 Å². The van der Waals surface area contributed by atoms with Crippen molar-refractivity contribution in [3.63, 3.8) is 0 Å². The summed E-state index contributed by atoms with van der Waals surface area (Å²) in [5.74, 6) is 0. The molecule has 0 atom stereocenters. The number of nitrogens with zero attached hydrogens (tertiary/aromatic N) is 1. The van der Waals surface area contributed by atoms with Gasteiger partial charge in [0, 0.05) is 17.9 Å². The number of benzene rings is 1. The van der Waals surface area contributed by atoms with Crippen LogP contribution in [0.2, 0.25) is 0 Å². The molecule has 0 saturated heterocycles. The smallest absolute Gasteiger partial charge is 0.243 e. The van der Waals surface area contributed by atoms with Crippen LogP contribution in [-0.4, -0.2) is 11.2 Å². The Morgan fingerprint density at radius 2 is 2.29 bits per heavy atom. The molecule has 0 aliphatic rings. The molecule has 0 aliphatic heterocycles. The Kier molecular flexibility index (Phi) is 3.71. The second-order valence-corrected chi connectivity index (χ2v) is 3.70. The molecule has 4 heteroatoms. The highest BCUT2D eigenvalue weighted by atomic mass is 32.2. The Morgan fingerprint density at radius 1 is 1.57 bits per heavy atom. The van der Waals surface area contributed by atoms with Gasteiger partial charge in [-0.3, -0.25) is 10.1 Å². The topological polar surface area (TPSA) is 43.1 Å². The van der Waals surface area contributed by atoms with Gasteiger partial charge >= 0.3 is 0 Å². The van der Waals surface area contributed by atoms with E-state index >= 15 is 0 Å². The molecule has 1 rings (SSSR count). The molecule has 14 heavy (non-hydrogen) atoms. The summed E-state index contributed by atoms with van der Waals surface area (Å²) in [4.78, 5) is 11.1. The largest absolute Gasteiger partial charge is 0.259 e. The third kappa shape index (κ3) is 2.88. The van der Waals surface area contributed by atoms with Crippen molar-refractivity contribution < 1.29 is 4.92 Å². The van der Waals surface area contributed by atoms with Crippen molar-refractivity contribution in [2.75, 3.05) is 6.26 Å². The third-order valence-corrected chi connectivity index (χ3v) is 2.48. The molecule has 74 valence electrons. The molecule has 0 aromatic heterocycles. The summed E-state index contributed by atoms with van der Waals surface area (Å²) in [6, 6.07) is 7.65. The maximum atomic E-state index is 10.4. The minimum Gasteiger partial charge on any atom is -0.259 e. The zero-order valence-corrected chi connectivity index (χ0v) is 8.88. The number of thioether (sulfide) groups is 1. The Bertz CT molecular complexity index is 374. The van der Waals surface area contributed by atoms with Crippen LogP contribution < -0.4 is 0 Å². The summed E-state index contributed by atoms with van der Waals surface area (Å²) < 4.78 is 0. The van der Waals surface area contributed by atoms with E-state index < -0.39 is 0 Å². The minimum atomic E-state index is -0.383. The lowest BCUT2D eigenvalue weighted by Crippen LogP contribution is -1.92. The molecule has 0 unspecified atom stereocenters. The summed E-state index contributed by atoms with van der Waals surface area (Å²) in [5, 5.41) is 10.4. The minimum absolute atomic E-state index is 0.156. The fourth-order valence-electron chi connectivity index (χ4n) is 1.03. The molecule has 0 spiro atoms. The molecule has 0 aliphatic carbocycles. The molecule has 0 heterocycles. The first kappa shape index (κ1) is 10.8. The van der Waals surface area contributed by atoms with Gasteiger partial charge in [0.1, 0.15) is 0 Å². The first-order valence-electron chi connectivity index (χ1n) is 4.10. The van der Waals surface area contributed by atoms with Gasteiger partial charge in [-0.1, -0.05) is 12.1 Å². The second kappa shape index (κ2) is 4.81. The molecule has 0 saturated carbocycles. The lowest BCUT2D eigenvalue weighted by Gasteiger charge is -1.97. The normalized spacial score (nSPS) is 11.4. The number of hydrogen-bond donors (Lipinski definition) is 0. The van der Waals surface area contributed by atoms with E-state index in [0.717, 1.165) is 10.5 Å². The van der Waals surface area contributed by atoms with Crippen LogP contribution in [0.15, 0.2) is 34.9 Å². The van der Waals surface area contributed by atoms with Gasteiger partial charge < -0.3 is 0 Å². The monoisotopic (exact) mass is 209 g/mol. The highest BCUT2D eigenvalue weighted by Gasteiger charge is 2.01. The number of allylic oxidation sites excluding steroid dienone is 1. The summed E-state index contributed by atoms with van der Waals surface area (Å²) in [7, 11) is 0. The molecular weight excluding hydrogens is 198 g/mol. The van der Waals surface area contributed by atoms with Crippen LogP contribution in [0, 0.1) is 10.1 Å². The average Bonchev–Trinajstić information content (AvgIpc) is 2.18. The molecule has 0 amide bonds. The van der Waals surface area contributed by atoms with E-state index in [1.54, 1.807) is 17.8 Å². The lowest BCUT2D eigenvalue weighted by atomic mass is 10.2. The standard InChI is InChI=1S/C10H11NO2S/c1-8(11(12)13)6-9-4-3-5-10(7-9)14-2/h3-7H,1-2H3/b8-6+. The Labute approximate surface area is 87.0 Å². The Balaban J connectivity index is 2.97. The van der Waals surface area contributed by atoms with Crippen LogP contribution in [0.4, 0.5) is 0 Å². The molecule has 1 aromatic rings. The molecule has 1 aromatic carbocycles. The van der Waals surface area contributed by atoms with E-state index in [-0.39, 0.29) is 10.6 Å². The highest BCUT2D eigenvalue weighted by Crippen LogP contribution is 2.17. The van der Waals surface area contributed by atoms with Crippen LogP contribution in [0.25, 0.3) is 6.08 Å². The molecule has 0 N–H and O–H groups in total. The van der Waals surface area contributed by atoms with Gasteiger partial charge in [0.25, 0.3) is 0 Å². The van der Waals surface area contributed by atoms with E-state index in [9.17, 15) is 10.1 Å². The van der Waals surface area contributed by atoms with Crippen molar-refractivity contribution >= 4 is 17.8 Å². The average molecular weight is 209 g/mol. The van der Waals surface area contributed by atoms with Gasteiger partial charge in [-0.25, -0.2) is 0 Å². The van der Waals surface area contributed by atoms with E-state index in [0.29, 0.717) is 0 Å². The van der Waals surface area contributed by atoms with Crippen LogP contribution in [0.1, 0.15) is 12.5 Å². The van der Waals surface area contributed by atoms with Crippen molar-refractivity contribution in [3.8, 4) is 0 Å². The van der Waals surface area contributed by atoms with Crippen molar-refractivity contribution in [2.45, 2.75) is 11.8 Å². The first-order valence-corrected chi connectivity index (χ1v) is 5.32. The van der Waals surface area contributed by atoms with Crippen molar-refractivity contribution in [1.82, 2.24) is 0 Å². The summed E-state index contributed by atoms with van der Waals surface area (Å²) in [6.07, 6.45) is 3.54. The fourth-order valence-corrected chi connectivity index (χ4v) is 1.49. The van der Waals surface area contributed by atoms with E-state index in [1.807, 2.05) is 30.5 Å². The van der Waals surface area contributed by atoms with Gasteiger partial charge in [-0.15, -0.1) is 11.8 Å². The van der Waals surface area contributed by atoms with Gasteiger partial charge in [0.05, 0.1) is 4.92 Å². The zero-order valence-electron chi connectivity index (χ0n) is 8.06. The van der Waals surface area contributed by atoms with Crippen LogP contribution in [0.5, 0.6) is 0 Å². The maximum Gasteiger partial charge on any atom is 0.243 e. The van der Waals surface area contributed by atoms with Crippen molar-refractivity contribution in [1.29, 1.82) is 0 Å². The predicted octanol–water partition coefficient (Wildman–Crippen LogP) is 3.05. The van der Waals surface area contributed by atoms with Crippen LogP contribution in [-0.2, 0) is 0 Å². The summed E-state index contributed by atoms with van der Waals surface area (Å²) in [6.45, 7) is 1.49. The van der Waals surface area contributed by atoms with Gasteiger partial charge in [0.2, 0.25) is 5.70 Å². The molecular formula is C10H11NO2S.